The molecule has 5 nitrogen and oxygen atoms in total. The zero-order chi connectivity index (χ0) is 18.2. The maximum Gasteiger partial charge on any atom is 0.230 e. The van der Waals surface area contributed by atoms with Crippen molar-refractivity contribution in [3.8, 4) is 5.75 Å². The number of allylic oxidation sites excluding steroid dienone is 3. The zero-order valence-electron chi connectivity index (χ0n) is 13.4. The largest absolute Gasteiger partial charge is 0.457 e. The van der Waals surface area contributed by atoms with E-state index in [1.54, 1.807) is 42.5 Å². The summed E-state index contributed by atoms with van der Waals surface area (Å²) in [5.41, 5.74) is 0.857. The van der Waals surface area contributed by atoms with Crippen molar-refractivity contribution in [2.75, 3.05) is 5.32 Å². The number of hydrogen-bond acceptors (Lipinski definition) is 5. The molecule has 130 valence electrons. The second-order valence-electron chi connectivity index (χ2n) is 4.99. The van der Waals surface area contributed by atoms with E-state index in [0.717, 1.165) is 5.57 Å². The lowest BCUT2D eigenvalue weighted by molar-refractivity contribution is -0.115. The molecule has 0 aliphatic rings. The number of anilines is 1. The van der Waals surface area contributed by atoms with Gasteiger partial charge < -0.3 is 10.1 Å². The Labute approximate surface area is 159 Å². The Bertz CT molecular complexity index is 867. The number of halogens is 1. The number of ether oxygens (including phenoxy) is 1. The molecule has 1 amide bonds. The molecule has 0 aliphatic heterocycles. The van der Waals surface area contributed by atoms with Crippen LogP contribution >= 0.6 is 35.4 Å². The van der Waals surface area contributed by atoms with Crippen molar-refractivity contribution in [2.45, 2.75) is 13.3 Å². The Hall–Kier alpha value is -2.22. The number of H-pyrrole nitrogens is 1. The number of amides is 1. The number of nitrogens with one attached hydrogen (secondary N) is 2. The molecule has 0 spiro atoms. The number of hydrogen-bond donors (Lipinski definition) is 2. The fraction of sp³-hybridized carbons (Fsp3) is 0.118. The van der Waals surface area contributed by atoms with Crippen LogP contribution in [-0.4, -0.2) is 15.3 Å². The first kappa shape index (κ1) is 19.1. The number of aromatic amines is 1. The normalized spacial score (nSPS) is 11.9. The van der Waals surface area contributed by atoms with Crippen molar-refractivity contribution in [1.82, 2.24) is 9.36 Å². The highest BCUT2D eigenvalue weighted by atomic mass is 35.5. The monoisotopic (exact) mass is 393 g/mol. The van der Waals surface area contributed by atoms with Crippen LogP contribution in [0.3, 0.4) is 0 Å². The Morgan fingerprint density at radius 3 is 2.76 bits per heavy atom. The maximum absolute atomic E-state index is 12.0. The summed E-state index contributed by atoms with van der Waals surface area (Å²) >= 11 is 11.9. The summed E-state index contributed by atoms with van der Waals surface area (Å²) in [7, 11) is 0. The third kappa shape index (κ3) is 6.66. The highest BCUT2D eigenvalue weighted by Crippen LogP contribution is 2.18. The van der Waals surface area contributed by atoms with Crippen LogP contribution in [0, 0.1) is 4.77 Å². The fourth-order valence-electron chi connectivity index (χ4n) is 1.77. The second kappa shape index (κ2) is 9.31. The van der Waals surface area contributed by atoms with Gasteiger partial charge in [0.1, 0.15) is 11.5 Å². The molecular formula is C17H16ClN3O2S2. The number of aromatic nitrogens is 2. The third-order valence-corrected chi connectivity index (χ3v) is 4.16. The van der Waals surface area contributed by atoms with E-state index in [1.165, 1.54) is 11.5 Å². The molecule has 0 radical (unpaired) electrons. The van der Waals surface area contributed by atoms with Crippen LogP contribution in [0.5, 0.6) is 5.75 Å². The van der Waals surface area contributed by atoms with Gasteiger partial charge in [0.15, 0.2) is 0 Å². The van der Waals surface area contributed by atoms with E-state index in [0.29, 0.717) is 26.4 Å². The third-order valence-electron chi connectivity index (χ3n) is 2.91. The van der Waals surface area contributed by atoms with Crippen molar-refractivity contribution >= 4 is 46.4 Å². The first-order chi connectivity index (χ1) is 12.0. The summed E-state index contributed by atoms with van der Waals surface area (Å²) in [6.45, 7) is 5.58. The summed E-state index contributed by atoms with van der Waals surface area (Å²) in [5, 5.41) is 3.78. The van der Waals surface area contributed by atoms with Crippen LogP contribution in [0.15, 0.2) is 60.4 Å². The summed E-state index contributed by atoms with van der Waals surface area (Å²) < 4.78 is 8.81. The van der Waals surface area contributed by atoms with Crippen molar-refractivity contribution < 1.29 is 9.53 Å². The Kier molecular flexibility index (Phi) is 7.12. The highest BCUT2D eigenvalue weighted by Gasteiger charge is 2.05. The quantitative estimate of drug-likeness (QED) is 0.381. The molecule has 2 N–H and O–H groups in total. The van der Waals surface area contributed by atoms with E-state index in [9.17, 15) is 4.79 Å². The number of carbonyl (C=O) groups excluding carboxylic acids is 1. The molecule has 2 aromatic rings. The summed E-state index contributed by atoms with van der Waals surface area (Å²) in [6, 6.07) is 7.02. The molecule has 1 aromatic carbocycles. The van der Waals surface area contributed by atoms with Crippen molar-refractivity contribution in [3.63, 3.8) is 0 Å². The van der Waals surface area contributed by atoms with Crippen molar-refractivity contribution in [2.24, 2.45) is 0 Å². The van der Waals surface area contributed by atoms with Crippen LogP contribution in [0.4, 0.5) is 5.13 Å². The van der Waals surface area contributed by atoms with Gasteiger partial charge in [-0.05, 0) is 67.1 Å². The molecule has 1 aromatic heterocycles. The molecule has 1 heterocycles. The van der Waals surface area contributed by atoms with E-state index >= 15 is 0 Å². The van der Waals surface area contributed by atoms with Gasteiger partial charge in [-0.25, -0.2) is 0 Å². The number of benzene rings is 1. The standard InChI is InChI=1S/C17H16ClN3O2S2/c1-3-13(23-14-8-5-12(18)6-9-14)7-4-11(2)10-15(22)19-17-20-16(24)21-25-17/h3-9H,1,10H2,2H3,(H2,19,20,21,22,24)/b11-4+,13-7+. The van der Waals surface area contributed by atoms with Gasteiger partial charge in [0.05, 0.1) is 0 Å². The number of carbonyl (C=O) groups is 1. The molecule has 0 fully saturated rings. The Balaban J connectivity index is 1.95. The minimum absolute atomic E-state index is 0.168. The van der Waals surface area contributed by atoms with E-state index in [4.69, 9.17) is 28.6 Å². The fourth-order valence-corrected chi connectivity index (χ4v) is 2.70. The molecule has 0 bridgehead atoms. The zero-order valence-corrected chi connectivity index (χ0v) is 15.8. The lowest BCUT2D eigenvalue weighted by atomic mass is 10.2. The smallest absolute Gasteiger partial charge is 0.230 e. The highest BCUT2D eigenvalue weighted by molar-refractivity contribution is 7.71. The average molecular weight is 394 g/mol. The van der Waals surface area contributed by atoms with Crippen LogP contribution in [-0.2, 0) is 4.79 Å². The van der Waals surface area contributed by atoms with Crippen molar-refractivity contribution in [3.05, 3.63) is 70.2 Å². The van der Waals surface area contributed by atoms with Crippen LogP contribution in [0.2, 0.25) is 5.02 Å². The van der Waals surface area contributed by atoms with Gasteiger partial charge in [-0.15, -0.1) is 0 Å². The van der Waals surface area contributed by atoms with Gasteiger partial charge >= 0.3 is 0 Å². The maximum atomic E-state index is 12.0. The SMILES string of the molecule is C=C/C(=C\C=C(/C)CC(=O)Nc1nc(=S)[nH]s1)Oc1ccc(Cl)cc1. The predicted molar refractivity (Wildman–Crippen MR) is 105 cm³/mol. The number of nitrogens with zero attached hydrogens (tertiary/aromatic N) is 1. The molecule has 2 rings (SSSR count). The lowest BCUT2D eigenvalue weighted by Crippen LogP contribution is -2.11. The van der Waals surface area contributed by atoms with Gasteiger partial charge in [-0.2, -0.15) is 4.98 Å². The molecule has 0 aliphatic carbocycles. The molecular weight excluding hydrogens is 378 g/mol. The molecule has 8 heteroatoms. The van der Waals surface area contributed by atoms with Crippen molar-refractivity contribution in [1.29, 1.82) is 0 Å². The summed E-state index contributed by atoms with van der Waals surface area (Å²) in [4.78, 5) is 15.9. The topological polar surface area (TPSA) is 67.0 Å². The second-order valence-corrected chi connectivity index (χ2v) is 6.61. The Morgan fingerprint density at radius 2 is 2.16 bits per heavy atom. The number of rotatable bonds is 7. The lowest BCUT2D eigenvalue weighted by Gasteiger charge is -2.06. The van der Waals surface area contributed by atoms with Gasteiger partial charge in [-0.1, -0.05) is 29.8 Å². The molecule has 0 saturated carbocycles. The molecule has 0 saturated heterocycles. The van der Waals surface area contributed by atoms with Gasteiger partial charge in [0.2, 0.25) is 15.8 Å². The molecule has 0 unspecified atom stereocenters. The molecule has 0 atom stereocenters. The Morgan fingerprint density at radius 1 is 1.44 bits per heavy atom. The van der Waals surface area contributed by atoms with E-state index < -0.39 is 0 Å². The van der Waals surface area contributed by atoms with Crippen LogP contribution in [0.25, 0.3) is 0 Å². The van der Waals surface area contributed by atoms with Gasteiger partial charge in [0, 0.05) is 11.4 Å². The van der Waals surface area contributed by atoms with Crippen LogP contribution < -0.4 is 10.1 Å². The van der Waals surface area contributed by atoms with Gasteiger partial charge in [0.25, 0.3) is 0 Å². The first-order valence-corrected chi connectivity index (χ1v) is 8.85. The summed E-state index contributed by atoms with van der Waals surface area (Å²) in [6.07, 6.45) is 5.38. The average Bonchev–Trinajstić information content (AvgIpc) is 2.97. The molecule has 25 heavy (non-hydrogen) atoms. The first-order valence-electron chi connectivity index (χ1n) is 7.25. The van der Waals surface area contributed by atoms with E-state index in [2.05, 4.69) is 21.3 Å². The van der Waals surface area contributed by atoms with E-state index in [-0.39, 0.29) is 12.3 Å². The minimum atomic E-state index is -0.168. The van der Waals surface area contributed by atoms with E-state index in [1.807, 2.05) is 6.92 Å². The predicted octanol–water partition coefficient (Wildman–Crippen LogP) is 5.28. The van der Waals surface area contributed by atoms with Gasteiger partial charge in [-0.3, -0.25) is 9.17 Å². The summed E-state index contributed by atoms with van der Waals surface area (Å²) in [5.74, 6) is 1.05. The minimum Gasteiger partial charge on any atom is -0.457 e. The van der Waals surface area contributed by atoms with Crippen LogP contribution in [0.1, 0.15) is 13.3 Å².